The lowest BCUT2D eigenvalue weighted by Crippen LogP contribution is -2.34. The normalized spacial score (nSPS) is 26.8. The zero-order valence-corrected chi connectivity index (χ0v) is 13.1. The Morgan fingerprint density at radius 1 is 1.37 bits per heavy atom. The SMILES string of the molecule is CC(C)OCC(O)CC1CC(C(C)(C)C)CCC1=O. The summed E-state index contributed by atoms with van der Waals surface area (Å²) in [5.74, 6) is 0.918. The number of aliphatic hydroxyl groups is 1. The van der Waals surface area contributed by atoms with Crippen molar-refractivity contribution in [1.29, 1.82) is 0 Å². The van der Waals surface area contributed by atoms with Crippen molar-refractivity contribution in [3.63, 3.8) is 0 Å². The number of rotatable bonds is 5. The number of ketones is 1. The molecule has 1 fully saturated rings. The Morgan fingerprint density at radius 3 is 2.53 bits per heavy atom. The topological polar surface area (TPSA) is 46.5 Å². The quantitative estimate of drug-likeness (QED) is 0.834. The first kappa shape index (κ1) is 16.6. The molecule has 3 heteroatoms. The second kappa shape index (κ2) is 6.85. The third-order valence-corrected chi connectivity index (χ3v) is 4.17. The Morgan fingerprint density at radius 2 is 2.00 bits per heavy atom. The molecule has 3 atom stereocenters. The highest BCUT2D eigenvalue weighted by atomic mass is 16.5. The number of hydrogen-bond acceptors (Lipinski definition) is 3. The lowest BCUT2D eigenvalue weighted by atomic mass is 9.68. The third kappa shape index (κ3) is 5.62. The second-order valence-electron chi connectivity index (χ2n) is 7.27. The van der Waals surface area contributed by atoms with E-state index in [9.17, 15) is 9.90 Å². The van der Waals surface area contributed by atoms with Crippen molar-refractivity contribution < 1.29 is 14.6 Å². The fourth-order valence-corrected chi connectivity index (χ4v) is 2.83. The molecule has 3 unspecified atom stereocenters. The minimum Gasteiger partial charge on any atom is -0.391 e. The fourth-order valence-electron chi connectivity index (χ4n) is 2.83. The molecule has 0 heterocycles. The number of carbonyl (C=O) groups is 1. The summed E-state index contributed by atoms with van der Waals surface area (Å²) in [5, 5.41) is 9.98. The van der Waals surface area contributed by atoms with Gasteiger partial charge in [-0.15, -0.1) is 0 Å². The van der Waals surface area contributed by atoms with Crippen molar-refractivity contribution in [2.45, 2.75) is 72.5 Å². The van der Waals surface area contributed by atoms with Crippen LogP contribution in [0.4, 0.5) is 0 Å². The van der Waals surface area contributed by atoms with Crippen LogP contribution in [0, 0.1) is 17.3 Å². The lowest BCUT2D eigenvalue weighted by molar-refractivity contribution is -0.128. The van der Waals surface area contributed by atoms with E-state index in [4.69, 9.17) is 4.74 Å². The van der Waals surface area contributed by atoms with Crippen LogP contribution in [0.3, 0.4) is 0 Å². The highest BCUT2D eigenvalue weighted by molar-refractivity contribution is 5.81. The molecule has 0 amide bonds. The summed E-state index contributed by atoms with van der Waals surface area (Å²) in [6.07, 6.45) is 2.75. The zero-order chi connectivity index (χ0) is 14.6. The van der Waals surface area contributed by atoms with E-state index in [1.54, 1.807) is 0 Å². The van der Waals surface area contributed by atoms with Gasteiger partial charge in [-0.1, -0.05) is 20.8 Å². The van der Waals surface area contributed by atoms with Gasteiger partial charge in [0.25, 0.3) is 0 Å². The Balaban J connectivity index is 2.48. The van der Waals surface area contributed by atoms with Crippen molar-refractivity contribution in [3.05, 3.63) is 0 Å². The molecule has 19 heavy (non-hydrogen) atoms. The van der Waals surface area contributed by atoms with Crippen molar-refractivity contribution in [2.24, 2.45) is 17.3 Å². The van der Waals surface area contributed by atoms with E-state index in [2.05, 4.69) is 20.8 Å². The monoisotopic (exact) mass is 270 g/mol. The molecule has 0 aromatic heterocycles. The van der Waals surface area contributed by atoms with Crippen molar-refractivity contribution >= 4 is 5.78 Å². The summed E-state index contributed by atoms with van der Waals surface area (Å²) in [7, 11) is 0. The first-order valence-corrected chi connectivity index (χ1v) is 7.52. The predicted molar refractivity (Wildman–Crippen MR) is 77.0 cm³/mol. The molecule has 0 spiro atoms. The first-order valence-electron chi connectivity index (χ1n) is 7.52. The van der Waals surface area contributed by atoms with Crippen LogP contribution >= 0.6 is 0 Å². The number of ether oxygens (including phenoxy) is 1. The van der Waals surface area contributed by atoms with Gasteiger partial charge < -0.3 is 9.84 Å². The average Bonchev–Trinajstić information content (AvgIpc) is 2.28. The molecule has 1 aliphatic rings. The van der Waals surface area contributed by atoms with E-state index in [0.29, 0.717) is 31.1 Å². The smallest absolute Gasteiger partial charge is 0.136 e. The minimum absolute atomic E-state index is 0.0173. The van der Waals surface area contributed by atoms with Gasteiger partial charge in [0.1, 0.15) is 5.78 Å². The average molecular weight is 270 g/mol. The molecule has 112 valence electrons. The fraction of sp³-hybridized carbons (Fsp3) is 0.938. The molecular formula is C16H30O3. The molecule has 0 aliphatic heterocycles. The van der Waals surface area contributed by atoms with Gasteiger partial charge in [0, 0.05) is 12.3 Å². The number of aliphatic hydroxyl groups excluding tert-OH is 1. The van der Waals surface area contributed by atoms with Crippen LogP contribution in [0.1, 0.15) is 60.3 Å². The highest BCUT2D eigenvalue weighted by Gasteiger charge is 2.35. The molecular weight excluding hydrogens is 240 g/mol. The predicted octanol–water partition coefficient (Wildman–Crippen LogP) is 3.19. The van der Waals surface area contributed by atoms with Gasteiger partial charge in [-0.3, -0.25) is 4.79 Å². The molecule has 1 aliphatic carbocycles. The van der Waals surface area contributed by atoms with Crippen molar-refractivity contribution in [3.8, 4) is 0 Å². The lowest BCUT2D eigenvalue weighted by Gasteiger charge is -2.37. The molecule has 0 aromatic rings. The van der Waals surface area contributed by atoms with E-state index in [-0.39, 0.29) is 17.4 Å². The van der Waals surface area contributed by atoms with Gasteiger partial charge in [0.15, 0.2) is 0 Å². The van der Waals surface area contributed by atoms with Crippen LogP contribution in [0.15, 0.2) is 0 Å². The Bertz CT molecular complexity index is 291. The summed E-state index contributed by atoms with van der Waals surface area (Å²) < 4.78 is 5.41. The van der Waals surface area contributed by atoms with Crippen LogP contribution in [-0.2, 0) is 9.53 Å². The van der Waals surface area contributed by atoms with Crippen LogP contribution in [0.5, 0.6) is 0 Å². The Kier molecular flexibility index (Phi) is 6.00. The zero-order valence-electron chi connectivity index (χ0n) is 13.1. The highest BCUT2D eigenvalue weighted by Crippen LogP contribution is 2.40. The largest absolute Gasteiger partial charge is 0.391 e. The van der Waals surface area contributed by atoms with Gasteiger partial charge >= 0.3 is 0 Å². The second-order valence-corrected chi connectivity index (χ2v) is 7.27. The number of carbonyl (C=O) groups excluding carboxylic acids is 1. The number of hydrogen-bond donors (Lipinski definition) is 1. The van der Waals surface area contributed by atoms with Crippen LogP contribution in [0.2, 0.25) is 0 Å². The molecule has 0 aromatic carbocycles. The van der Waals surface area contributed by atoms with Crippen LogP contribution in [-0.4, -0.2) is 29.7 Å². The summed E-state index contributed by atoms with van der Waals surface area (Å²) in [5.41, 5.74) is 0.248. The van der Waals surface area contributed by atoms with Gasteiger partial charge in [-0.2, -0.15) is 0 Å². The van der Waals surface area contributed by atoms with Gasteiger partial charge in [-0.05, 0) is 44.4 Å². The maximum absolute atomic E-state index is 12.0. The Labute approximate surface area is 117 Å². The summed E-state index contributed by atoms with van der Waals surface area (Å²) in [6, 6.07) is 0. The van der Waals surface area contributed by atoms with Gasteiger partial charge in [0.2, 0.25) is 0 Å². The summed E-state index contributed by atoms with van der Waals surface area (Å²) in [4.78, 5) is 12.0. The van der Waals surface area contributed by atoms with Gasteiger partial charge in [-0.25, -0.2) is 0 Å². The van der Waals surface area contributed by atoms with E-state index in [1.807, 2.05) is 13.8 Å². The van der Waals surface area contributed by atoms with E-state index >= 15 is 0 Å². The summed E-state index contributed by atoms with van der Waals surface area (Å²) in [6.45, 7) is 11.0. The van der Waals surface area contributed by atoms with E-state index < -0.39 is 6.10 Å². The van der Waals surface area contributed by atoms with Crippen molar-refractivity contribution in [2.75, 3.05) is 6.61 Å². The van der Waals surface area contributed by atoms with E-state index in [1.165, 1.54) is 0 Å². The molecule has 0 radical (unpaired) electrons. The van der Waals surface area contributed by atoms with Gasteiger partial charge in [0.05, 0.1) is 18.8 Å². The van der Waals surface area contributed by atoms with E-state index in [0.717, 1.165) is 12.8 Å². The third-order valence-electron chi connectivity index (χ3n) is 4.17. The van der Waals surface area contributed by atoms with Crippen LogP contribution < -0.4 is 0 Å². The first-order chi connectivity index (χ1) is 8.70. The molecule has 1 rings (SSSR count). The maximum Gasteiger partial charge on any atom is 0.136 e. The molecule has 1 N–H and O–H groups in total. The molecule has 3 nitrogen and oxygen atoms in total. The minimum atomic E-state index is -0.518. The van der Waals surface area contributed by atoms with Crippen LogP contribution in [0.25, 0.3) is 0 Å². The molecule has 0 saturated heterocycles. The van der Waals surface area contributed by atoms with Crippen molar-refractivity contribution in [1.82, 2.24) is 0 Å². The molecule has 0 bridgehead atoms. The Hall–Kier alpha value is -0.410. The summed E-state index contributed by atoms with van der Waals surface area (Å²) >= 11 is 0. The standard InChI is InChI=1S/C16H30O3/c1-11(2)19-10-14(17)9-12-8-13(16(3,4)5)6-7-15(12)18/h11-14,17H,6-10H2,1-5H3. The molecule has 1 saturated carbocycles. The maximum atomic E-state index is 12.0. The number of Topliss-reactive ketones (excluding diaryl/α,β-unsaturated/α-hetero) is 1.